The van der Waals surface area contributed by atoms with Gasteiger partial charge in [-0.15, -0.1) is 0 Å². The number of aromatic carboxylic acids is 1. The number of hydrogen-bond acceptors (Lipinski definition) is 4. The number of carboxylic acids is 1. The van der Waals surface area contributed by atoms with Crippen molar-refractivity contribution < 1.29 is 18.3 Å². The zero-order valence-electron chi connectivity index (χ0n) is 9.17. The Kier molecular flexibility index (Phi) is 3.06. The summed E-state index contributed by atoms with van der Waals surface area (Å²) in [6.45, 7) is 0.844. The average Bonchev–Trinajstić information content (AvgIpc) is 2.29. The number of anilines is 1. The molecule has 1 N–H and O–H groups in total. The van der Waals surface area contributed by atoms with Crippen LogP contribution in [-0.2, 0) is 9.84 Å². The van der Waals surface area contributed by atoms with Gasteiger partial charge in [-0.3, -0.25) is 0 Å². The molecule has 1 heterocycles. The maximum Gasteiger partial charge on any atom is 0.335 e. The van der Waals surface area contributed by atoms with Gasteiger partial charge in [-0.25, -0.2) is 13.2 Å². The quantitative estimate of drug-likeness (QED) is 0.838. The molecular formula is C11H13NO4S. The van der Waals surface area contributed by atoms with Crippen LogP contribution in [0.15, 0.2) is 24.3 Å². The highest BCUT2D eigenvalue weighted by Crippen LogP contribution is 2.18. The molecule has 1 fully saturated rings. The van der Waals surface area contributed by atoms with E-state index in [-0.39, 0.29) is 17.1 Å². The summed E-state index contributed by atoms with van der Waals surface area (Å²) in [5.41, 5.74) is 0.982. The van der Waals surface area contributed by atoms with E-state index in [2.05, 4.69) is 0 Å². The SMILES string of the molecule is O=C(O)c1cccc(N2CCS(=O)(=O)CC2)c1. The minimum absolute atomic E-state index is 0.129. The maximum atomic E-state index is 11.3. The summed E-state index contributed by atoms with van der Waals surface area (Å²) < 4.78 is 22.6. The lowest BCUT2D eigenvalue weighted by Crippen LogP contribution is -2.40. The van der Waals surface area contributed by atoms with Crippen LogP contribution in [-0.4, -0.2) is 44.1 Å². The average molecular weight is 255 g/mol. The maximum absolute atomic E-state index is 11.3. The lowest BCUT2D eigenvalue weighted by atomic mass is 10.2. The molecule has 0 aliphatic carbocycles. The smallest absolute Gasteiger partial charge is 0.335 e. The second-order valence-electron chi connectivity index (χ2n) is 3.99. The van der Waals surface area contributed by atoms with Crippen molar-refractivity contribution >= 4 is 21.5 Å². The lowest BCUT2D eigenvalue weighted by Gasteiger charge is -2.28. The monoisotopic (exact) mass is 255 g/mol. The van der Waals surface area contributed by atoms with Crippen LogP contribution in [0.1, 0.15) is 10.4 Å². The molecule has 0 aromatic heterocycles. The number of sulfone groups is 1. The van der Waals surface area contributed by atoms with Gasteiger partial charge in [-0.2, -0.15) is 0 Å². The van der Waals surface area contributed by atoms with Crippen molar-refractivity contribution in [2.45, 2.75) is 0 Å². The number of rotatable bonds is 2. The Bertz CT molecular complexity index is 524. The van der Waals surface area contributed by atoms with Gasteiger partial charge in [-0.05, 0) is 18.2 Å². The standard InChI is InChI=1S/C11H13NO4S/c13-11(14)9-2-1-3-10(8-9)12-4-6-17(15,16)7-5-12/h1-3,8H,4-7H2,(H,13,14). The van der Waals surface area contributed by atoms with E-state index in [1.165, 1.54) is 6.07 Å². The summed E-state index contributed by atoms with van der Waals surface area (Å²) in [5.74, 6) is -0.717. The molecule has 0 radical (unpaired) electrons. The topological polar surface area (TPSA) is 74.7 Å². The van der Waals surface area contributed by atoms with Crippen molar-refractivity contribution in [2.24, 2.45) is 0 Å². The fourth-order valence-corrected chi connectivity index (χ4v) is 3.01. The third-order valence-corrected chi connectivity index (χ3v) is 4.41. The van der Waals surface area contributed by atoms with Crippen molar-refractivity contribution in [3.8, 4) is 0 Å². The Balaban J connectivity index is 2.18. The molecule has 0 amide bonds. The molecule has 1 aliphatic heterocycles. The Hall–Kier alpha value is -1.56. The van der Waals surface area contributed by atoms with Gasteiger partial charge in [0.2, 0.25) is 0 Å². The molecule has 92 valence electrons. The molecular weight excluding hydrogens is 242 g/mol. The summed E-state index contributed by atoms with van der Waals surface area (Å²) in [6.07, 6.45) is 0. The molecule has 6 heteroatoms. The van der Waals surface area contributed by atoms with Crippen molar-refractivity contribution in [3.63, 3.8) is 0 Å². The van der Waals surface area contributed by atoms with Crippen LogP contribution in [0.2, 0.25) is 0 Å². The van der Waals surface area contributed by atoms with Crippen LogP contribution >= 0.6 is 0 Å². The predicted octanol–water partition coefficient (Wildman–Crippen LogP) is 0.620. The first kappa shape index (κ1) is 11.9. The van der Waals surface area contributed by atoms with E-state index in [1.54, 1.807) is 18.2 Å². The fourth-order valence-electron chi connectivity index (χ4n) is 1.81. The zero-order chi connectivity index (χ0) is 12.5. The van der Waals surface area contributed by atoms with E-state index in [1.807, 2.05) is 4.90 Å². The summed E-state index contributed by atoms with van der Waals surface area (Å²) in [4.78, 5) is 12.7. The first-order chi connectivity index (χ1) is 7.98. The molecule has 1 saturated heterocycles. The first-order valence-corrected chi connectivity index (χ1v) is 7.09. The Morgan fingerprint density at radius 3 is 2.47 bits per heavy atom. The van der Waals surface area contributed by atoms with Crippen LogP contribution in [0.3, 0.4) is 0 Å². The van der Waals surface area contributed by atoms with Crippen LogP contribution in [0, 0.1) is 0 Å². The van der Waals surface area contributed by atoms with E-state index >= 15 is 0 Å². The van der Waals surface area contributed by atoms with E-state index in [4.69, 9.17) is 5.11 Å². The first-order valence-electron chi connectivity index (χ1n) is 5.27. The molecule has 0 unspecified atom stereocenters. The molecule has 0 atom stereocenters. The van der Waals surface area contributed by atoms with E-state index in [9.17, 15) is 13.2 Å². The second-order valence-corrected chi connectivity index (χ2v) is 6.30. The predicted molar refractivity (Wildman–Crippen MR) is 64.3 cm³/mol. The highest BCUT2D eigenvalue weighted by molar-refractivity contribution is 7.91. The molecule has 1 aliphatic rings. The highest BCUT2D eigenvalue weighted by atomic mass is 32.2. The van der Waals surface area contributed by atoms with Gasteiger partial charge in [0.25, 0.3) is 0 Å². The normalized spacial score (nSPS) is 18.9. The van der Waals surface area contributed by atoms with Gasteiger partial charge in [0.05, 0.1) is 17.1 Å². The minimum Gasteiger partial charge on any atom is -0.478 e. The third kappa shape index (κ3) is 2.76. The van der Waals surface area contributed by atoms with Crippen LogP contribution < -0.4 is 4.90 Å². The molecule has 5 nitrogen and oxygen atoms in total. The van der Waals surface area contributed by atoms with Crippen molar-refractivity contribution in [1.29, 1.82) is 0 Å². The number of hydrogen-bond donors (Lipinski definition) is 1. The highest BCUT2D eigenvalue weighted by Gasteiger charge is 2.22. The van der Waals surface area contributed by atoms with Crippen molar-refractivity contribution in [2.75, 3.05) is 29.5 Å². The molecule has 2 rings (SSSR count). The molecule has 17 heavy (non-hydrogen) atoms. The van der Waals surface area contributed by atoms with Gasteiger partial charge in [-0.1, -0.05) is 6.07 Å². The van der Waals surface area contributed by atoms with E-state index in [0.29, 0.717) is 13.1 Å². The Morgan fingerprint density at radius 2 is 1.88 bits per heavy atom. The van der Waals surface area contributed by atoms with Crippen molar-refractivity contribution in [1.82, 2.24) is 0 Å². The summed E-state index contributed by atoms with van der Waals surface area (Å²) >= 11 is 0. The number of carboxylic acid groups (broad SMARTS) is 1. The number of carbonyl (C=O) groups is 1. The van der Waals surface area contributed by atoms with E-state index in [0.717, 1.165) is 5.69 Å². The lowest BCUT2D eigenvalue weighted by molar-refractivity contribution is 0.0697. The summed E-state index contributed by atoms with van der Waals surface area (Å²) in [7, 11) is -2.91. The number of benzene rings is 1. The van der Waals surface area contributed by atoms with Crippen LogP contribution in [0.5, 0.6) is 0 Å². The summed E-state index contributed by atoms with van der Waals surface area (Å²) in [5, 5.41) is 8.88. The van der Waals surface area contributed by atoms with Gasteiger partial charge < -0.3 is 10.0 Å². The van der Waals surface area contributed by atoms with Gasteiger partial charge >= 0.3 is 5.97 Å². The number of nitrogens with zero attached hydrogens (tertiary/aromatic N) is 1. The van der Waals surface area contributed by atoms with Crippen LogP contribution in [0.4, 0.5) is 5.69 Å². The Morgan fingerprint density at radius 1 is 1.24 bits per heavy atom. The molecule has 0 spiro atoms. The molecule has 0 saturated carbocycles. The zero-order valence-corrected chi connectivity index (χ0v) is 9.98. The van der Waals surface area contributed by atoms with Crippen LogP contribution in [0.25, 0.3) is 0 Å². The third-order valence-electron chi connectivity index (χ3n) is 2.80. The molecule has 0 bridgehead atoms. The molecule has 1 aromatic carbocycles. The second kappa shape index (κ2) is 4.37. The van der Waals surface area contributed by atoms with Crippen molar-refractivity contribution in [3.05, 3.63) is 29.8 Å². The molecule has 1 aromatic rings. The van der Waals surface area contributed by atoms with Gasteiger partial charge in [0.15, 0.2) is 9.84 Å². The Labute approximate surface area is 99.6 Å². The fraction of sp³-hybridized carbons (Fsp3) is 0.364. The minimum atomic E-state index is -2.91. The van der Waals surface area contributed by atoms with Gasteiger partial charge in [0, 0.05) is 18.8 Å². The summed E-state index contributed by atoms with van der Waals surface area (Å²) in [6, 6.07) is 6.55. The largest absolute Gasteiger partial charge is 0.478 e. The van der Waals surface area contributed by atoms with E-state index < -0.39 is 15.8 Å². The van der Waals surface area contributed by atoms with Gasteiger partial charge in [0.1, 0.15) is 0 Å².